The van der Waals surface area contributed by atoms with Gasteiger partial charge in [-0.3, -0.25) is 4.79 Å². The average Bonchev–Trinajstić information content (AvgIpc) is 2.98. The fourth-order valence-electron chi connectivity index (χ4n) is 2.60. The first-order valence-electron chi connectivity index (χ1n) is 6.20. The predicted molar refractivity (Wildman–Crippen MR) is 65.0 cm³/mol. The monoisotopic (exact) mass is 251 g/mol. The number of nitrogens with zero attached hydrogens (tertiary/aromatic N) is 1. The van der Waals surface area contributed by atoms with Gasteiger partial charge in [0.05, 0.1) is 19.8 Å². The maximum Gasteiger partial charge on any atom is 0.270 e. The van der Waals surface area contributed by atoms with Gasteiger partial charge in [-0.25, -0.2) is 0 Å². The van der Waals surface area contributed by atoms with Crippen LogP contribution in [0.5, 0.6) is 0 Å². The standard InChI is InChI=1S/C12H17N3O3/c13-9-6-10(14-7-9)11(16)15-3-1-2-12(8-15)17-4-5-18-12/h6-7,14H,1-5,8,13H2. The molecule has 2 aliphatic heterocycles. The molecule has 18 heavy (non-hydrogen) atoms. The van der Waals surface area contributed by atoms with E-state index >= 15 is 0 Å². The third-order valence-electron chi connectivity index (χ3n) is 3.45. The summed E-state index contributed by atoms with van der Waals surface area (Å²) in [4.78, 5) is 16.9. The van der Waals surface area contributed by atoms with E-state index < -0.39 is 5.79 Å². The molecular formula is C12H17N3O3. The molecule has 1 spiro atoms. The van der Waals surface area contributed by atoms with Crippen LogP contribution in [0.2, 0.25) is 0 Å². The number of piperidine rings is 1. The second-order valence-electron chi connectivity index (χ2n) is 4.78. The van der Waals surface area contributed by atoms with E-state index in [0.717, 1.165) is 19.4 Å². The quantitative estimate of drug-likeness (QED) is 0.765. The minimum atomic E-state index is -0.577. The number of hydrogen-bond donors (Lipinski definition) is 2. The number of carbonyl (C=O) groups is 1. The van der Waals surface area contributed by atoms with Crippen molar-refractivity contribution in [3.05, 3.63) is 18.0 Å². The summed E-state index contributed by atoms with van der Waals surface area (Å²) in [7, 11) is 0. The first kappa shape index (κ1) is 11.6. The van der Waals surface area contributed by atoms with Crippen LogP contribution < -0.4 is 5.73 Å². The Morgan fingerprint density at radius 3 is 2.89 bits per heavy atom. The highest BCUT2D eigenvalue weighted by Crippen LogP contribution is 2.30. The second kappa shape index (κ2) is 4.29. The van der Waals surface area contributed by atoms with Crippen LogP contribution in [0.1, 0.15) is 23.3 Å². The minimum Gasteiger partial charge on any atom is -0.397 e. The van der Waals surface area contributed by atoms with Gasteiger partial charge in [-0.1, -0.05) is 0 Å². The first-order valence-corrected chi connectivity index (χ1v) is 6.20. The van der Waals surface area contributed by atoms with Gasteiger partial charge < -0.3 is 25.1 Å². The average molecular weight is 251 g/mol. The number of amides is 1. The molecule has 0 aliphatic carbocycles. The van der Waals surface area contributed by atoms with Crippen molar-refractivity contribution < 1.29 is 14.3 Å². The van der Waals surface area contributed by atoms with Crippen LogP contribution in [0.4, 0.5) is 5.69 Å². The Morgan fingerprint density at radius 1 is 1.44 bits per heavy atom. The summed E-state index contributed by atoms with van der Waals surface area (Å²) in [5.41, 5.74) is 6.69. The number of aromatic nitrogens is 1. The number of aromatic amines is 1. The Bertz CT molecular complexity index is 451. The molecule has 0 radical (unpaired) electrons. The summed E-state index contributed by atoms with van der Waals surface area (Å²) in [6.45, 7) is 2.44. The van der Waals surface area contributed by atoms with E-state index in [1.165, 1.54) is 0 Å². The van der Waals surface area contributed by atoms with Crippen LogP contribution in [0.15, 0.2) is 12.3 Å². The lowest BCUT2D eigenvalue weighted by molar-refractivity contribution is -0.183. The zero-order valence-electron chi connectivity index (χ0n) is 10.1. The summed E-state index contributed by atoms with van der Waals surface area (Å²) < 4.78 is 11.3. The SMILES string of the molecule is Nc1c[nH]c(C(=O)N2CCCC3(C2)OCCO3)c1. The van der Waals surface area contributed by atoms with Crippen molar-refractivity contribution >= 4 is 11.6 Å². The molecule has 2 fully saturated rings. The van der Waals surface area contributed by atoms with Crippen LogP contribution >= 0.6 is 0 Å². The minimum absolute atomic E-state index is 0.0510. The Hall–Kier alpha value is -1.53. The van der Waals surface area contributed by atoms with E-state index in [2.05, 4.69) is 4.98 Å². The Morgan fingerprint density at radius 2 is 2.22 bits per heavy atom. The van der Waals surface area contributed by atoms with Gasteiger partial charge in [-0.2, -0.15) is 0 Å². The summed E-state index contributed by atoms with van der Waals surface area (Å²) in [5.74, 6) is -0.628. The molecule has 0 saturated carbocycles. The van der Waals surface area contributed by atoms with Crippen LogP contribution in [0, 0.1) is 0 Å². The number of H-pyrrole nitrogens is 1. The molecule has 1 aromatic rings. The van der Waals surface area contributed by atoms with Gasteiger partial charge in [0.2, 0.25) is 0 Å². The lowest BCUT2D eigenvalue weighted by Gasteiger charge is -2.38. The van der Waals surface area contributed by atoms with Crippen molar-refractivity contribution in [3.63, 3.8) is 0 Å². The molecule has 6 nitrogen and oxygen atoms in total. The van der Waals surface area contributed by atoms with E-state index in [1.54, 1.807) is 17.2 Å². The number of carbonyl (C=O) groups excluding carboxylic acids is 1. The van der Waals surface area contributed by atoms with Crippen molar-refractivity contribution in [2.75, 3.05) is 32.0 Å². The molecule has 0 unspecified atom stereocenters. The number of nitrogens with two attached hydrogens (primary N) is 1. The summed E-state index contributed by atoms with van der Waals surface area (Å²) in [5, 5.41) is 0. The molecule has 3 N–H and O–H groups in total. The van der Waals surface area contributed by atoms with E-state index in [-0.39, 0.29) is 5.91 Å². The van der Waals surface area contributed by atoms with Gasteiger partial charge in [-0.15, -0.1) is 0 Å². The molecule has 98 valence electrons. The Kier molecular flexibility index (Phi) is 2.76. The number of ether oxygens (including phenoxy) is 2. The smallest absolute Gasteiger partial charge is 0.270 e. The van der Waals surface area contributed by atoms with Crippen LogP contribution in [-0.2, 0) is 9.47 Å². The summed E-state index contributed by atoms with van der Waals surface area (Å²) >= 11 is 0. The van der Waals surface area contributed by atoms with Gasteiger partial charge in [0.15, 0.2) is 5.79 Å². The maximum atomic E-state index is 12.3. The molecule has 1 amide bonds. The van der Waals surface area contributed by atoms with Crippen LogP contribution in [0.25, 0.3) is 0 Å². The number of rotatable bonds is 1. The molecule has 0 aromatic carbocycles. The normalized spacial score (nSPS) is 22.6. The van der Waals surface area contributed by atoms with E-state index in [0.29, 0.717) is 31.1 Å². The second-order valence-corrected chi connectivity index (χ2v) is 4.78. The summed E-state index contributed by atoms with van der Waals surface area (Å²) in [6, 6.07) is 1.65. The van der Waals surface area contributed by atoms with Crippen LogP contribution in [-0.4, -0.2) is 47.9 Å². The number of nitrogens with one attached hydrogen (secondary N) is 1. The fraction of sp³-hybridized carbons (Fsp3) is 0.583. The van der Waals surface area contributed by atoms with Gasteiger partial charge in [-0.05, 0) is 12.5 Å². The zero-order chi connectivity index (χ0) is 12.6. The third kappa shape index (κ3) is 1.97. The lowest BCUT2D eigenvalue weighted by atomic mass is 10.0. The lowest BCUT2D eigenvalue weighted by Crippen LogP contribution is -2.51. The topological polar surface area (TPSA) is 80.6 Å². The van der Waals surface area contributed by atoms with Gasteiger partial charge in [0.25, 0.3) is 5.91 Å². The predicted octanol–water partition coefficient (Wildman–Crippen LogP) is 0.576. The van der Waals surface area contributed by atoms with Gasteiger partial charge >= 0.3 is 0 Å². The number of likely N-dealkylation sites (tertiary alicyclic amines) is 1. The van der Waals surface area contributed by atoms with Crippen molar-refractivity contribution in [3.8, 4) is 0 Å². The molecule has 2 saturated heterocycles. The van der Waals surface area contributed by atoms with Crippen LogP contribution in [0.3, 0.4) is 0 Å². The van der Waals surface area contributed by atoms with Crippen molar-refractivity contribution in [2.24, 2.45) is 0 Å². The maximum absolute atomic E-state index is 12.3. The molecule has 1 aromatic heterocycles. The number of nitrogen functional groups attached to an aromatic ring is 1. The largest absolute Gasteiger partial charge is 0.397 e. The molecule has 0 atom stereocenters. The highest BCUT2D eigenvalue weighted by Gasteiger charge is 2.42. The van der Waals surface area contributed by atoms with E-state index in [9.17, 15) is 4.79 Å². The van der Waals surface area contributed by atoms with Crippen molar-refractivity contribution in [1.82, 2.24) is 9.88 Å². The fourth-order valence-corrected chi connectivity index (χ4v) is 2.60. The van der Waals surface area contributed by atoms with E-state index in [4.69, 9.17) is 15.2 Å². The van der Waals surface area contributed by atoms with Crippen molar-refractivity contribution in [1.29, 1.82) is 0 Å². The molecule has 3 heterocycles. The van der Waals surface area contributed by atoms with Crippen molar-refractivity contribution in [2.45, 2.75) is 18.6 Å². The molecule has 3 rings (SSSR count). The number of hydrogen-bond acceptors (Lipinski definition) is 4. The number of anilines is 1. The van der Waals surface area contributed by atoms with Gasteiger partial charge in [0, 0.05) is 24.8 Å². The molecule has 0 bridgehead atoms. The highest BCUT2D eigenvalue weighted by molar-refractivity contribution is 5.93. The molecule has 2 aliphatic rings. The van der Waals surface area contributed by atoms with Gasteiger partial charge in [0.1, 0.15) is 5.69 Å². The summed E-state index contributed by atoms with van der Waals surface area (Å²) in [6.07, 6.45) is 3.36. The molecule has 6 heteroatoms. The molecular weight excluding hydrogens is 234 g/mol. The Balaban J connectivity index is 1.74. The third-order valence-corrected chi connectivity index (χ3v) is 3.45. The zero-order valence-corrected chi connectivity index (χ0v) is 10.1. The first-order chi connectivity index (χ1) is 8.69. The highest BCUT2D eigenvalue weighted by atomic mass is 16.7. The Labute approximate surface area is 105 Å². The van der Waals surface area contributed by atoms with E-state index in [1.807, 2.05) is 0 Å².